The zero-order valence-electron chi connectivity index (χ0n) is 26.5. The summed E-state index contributed by atoms with van der Waals surface area (Å²) in [6, 6.07) is 21.6. The number of rotatable bonds is 8. The number of nitrogens with one attached hydrogen (secondary N) is 1. The molecule has 8 nitrogen and oxygen atoms in total. The van der Waals surface area contributed by atoms with Gasteiger partial charge in [0.1, 0.15) is 0 Å². The number of halogens is 1. The Labute approximate surface area is 263 Å². The number of hydrogen-bond acceptors (Lipinski definition) is 7. The van der Waals surface area contributed by atoms with Gasteiger partial charge < -0.3 is 20.0 Å². The van der Waals surface area contributed by atoms with Crippen LogP contribution in [0.2, 0.25) is 0 Å². The van der Waals surface area contributed by atoms with Crippen molar-refractivity contribution in [3.8, 4) is 0 Å². The molecule has 2 aliphatic carbocycles. The van der Waals surface area contributed by atoms with E-state index in [1.165, 1.54) is 12.2 Å². The van der Waals surface area contributed by atoms with E-state index < -0.39 is 0 Å². The predicted molar refractivity (Wildman–Crippen MR) is 178 cm³/mol. The summed E-state index contributed by atoms with van der Waals surface area (Å²) in [6.07, 6.45) is 4.15. The van der Waals surface area contributed by atoms with Crippen molar-refractivity contribution in [2.75, 3.05) is 90.8 Å². The van der Waals surface area contributed by atoms with Crippen molar-refractivity contribution in [2.24, 2.45) is 11.8 Å². The third-order valence-corrected chi connectivity index (χ3v) is 9.14. The lowest BCUT2D eigenvalue weighted by molar-refractivity contribution is -0.120. The van der Waals surface area contributed by atoms with Crippen molar-refractivity contribution in [1.29, 1.82) is 0 Å². The molecular formula is C34H51ClN6O2. The van der Waals surface area contributed by atoms with E-state index in [-0.39, 0.29) is 17.1 Å². The molecule has 0 spiro atoms. The first-order chi connectivity index (χ1) is 20.7. The third kappa shape index (κ3) is 11.2. The Kier molecular flexibility index (Phi) is 12.9. The van der Waals surface area contributed by atoms with Crippen molar-refractivity contribution in [2.45, 2.75) is 37.8 Å². The highest BCUT2D eigenvalue weighted by Gasteiger charge is 2.36. The minimum absolute atomic E-state index is 0.157. The number of anilines is 2. The first-order valence-electron chi connectivity index (χ1n) is 15.8. The Balaban J connectivity index is 0.000000169. The quantitative estimate of drug-likeness (QED) is 0.450. The summed E-state index contributed by atoms with van der Waals surface area (Å²) >= 11 is 5.04. The van der Waals surface area contributed by atoms with E-state index in [1.807, 2.05) is 41.3 Å². The standard InChI is InChI=1S/C17H25N3O.C13H21N3.C4H5ClO/c1-18-10-11-19(2)16(12-18)13-20(17(21)14-8-9-14)15-6-4-3-5-7-15;1-15-8-9-16(2)13(11-15)10-14-12-6-4-3-5-7-12;5-4(6)3-1-2-3/h3-7,14,16H,8-13H2,1-2H3;3-7,13-14H,8-11H2,1-2H3;3H,1-2H2. The number of likely N-dealkylation sites (N-methyl/N-ethyl adjacent to an activating group) is 4. The smallest absolute Gasteiger partial charge is 0.230 e. The molecule has 2 aromatic rings. The van der Waals surface area contributed by atoms with E-state index in [9.17, 15) is 9.59 Å². The van der Waals surface area contributed by atoms with Gasteiger partial charge in [0.25, 0.3) is 0 Å². The number of benzene rings is 2. The topological polar surface area (TPSA) is 62.4 Å². The molecule has 2 saturated heterocycles. The van der Waals surface area contributed by atoms with Gasteiger partial charge in [0.2, 0.25) is 11.1 Å². The van der Waals surface area contributed by atoms with Gasteiger partial charge in [-0.05, 0) is 89.7 Å². The molecule has 4 fully saturated rings. The predicted octanol–water partition coefficient (Wildman–Crippen LogP) is 4.18. The molecule has 2 heterocycles. The lowest BCUT2D eigenvalue weighted by Gasteiger charge is -2.40. The van der Waals surface area contributed by atoms with Crippen LogP contribution in [-0.2, 0) is 9.59 Å². The van der Waals surface area contributed by atoms with Gasteiger partial charge in [-0.25, -0.2) is 0 Å². The Bertz CT molecular complexity index is 1130. The molecule has 1 N–H and O–H groups in total. The number of hydrogen-bond donors (Lipinski definition) is 1. The van der Waals surface area contributed by atoms with E-state index >= 15 is 0 Å². The zero-order valence-corrected chi connectivity index (χ0v) is 27.3. The average Bonchev–Trinajstić information content (AvgIpc) is 3.93. The average molecular weight is 611 g/mol. The molecule has 2 aliphatic heterocycles. The van der Waals surface area contributed by atoms with Gasteiger partial charge in [-0.15, -0.1) is 0 Å². The molecule has 1 amide bonds. The van der Waals surface area contributed by atoms with Crippen molar-refractivity contribution in [3.63, 3.8) is 0 Å². The summed E-state index contributed by atoms with van der Waals surface area (Å²) in [5.41, 5.74) is 2.25. The second kappa shape index (κ2) is 16.5. The van der Waals surface area contributed by atoms with Crippen LogP contribution in [0.5, 0.6) is 0 Å². The molecule has 2 saturated carbocycles. The van der Waals surface area contributed by atoms with Crippen LogP contribution in [0.4, 0.5) is 11.4 Å². The largest absolute Gasteiger partial charge is 0.383 e. The zero-order chi connectivity index (χ0) is 30.8. The van der Waals surface area contributed by atoms with E-state index in [0.717, 1.165) is 77.2 Å². The van der Waals surface area contributed by atoms with Crippen LogP contribution in [0.3, 0.4) is 0 Å². The molecule has 236 valence electrons. The van der Waals surface area contributed by atoms with Crippen molar-refractivity contribution >= 4 is 34.1 Å². The first-order valence-corrected chi connectivity index (χ1v) is 16.2. The molecule has 43 heavy (non-hydrogen) atoms. The Morgan fingerprint density at radius 3 is 1.77 bits per heavy atom. The Morgan fingerprint density at radius 1 is 0.744 bits per heavy atom. The number of para-hydroxylation sites is 2. The van der Waals surface area contributed by atoms with Gasteiger partial charge >= 0.3 is 0 Å². The maximum absolute atomic E-state index is 12.7. The molecule has 0 aromatic heterocycles. The molecule has 2 atom stereocenters. The van der Waals surface area contributed by atoms with Crippen molar-refractivity contribution in [1.82, 2.24) is 19.6 Å². The second-order valence-electron chi connectivity index (χ2n) is 12.7. The summed E-state index contributed by atoms with van der Waals surface area (Å²) in [7, 11) is 8.74. The van der Waals surface area contributed by atoms with Gasteiger partial charge in [-0.1, -0.05) is 36.4 Å². The summed E-state index contributed by atoms with van der Waals surface area (Å²) in [5.74, 6) is 0.798. The lowest BCUT2D eigenvalue weighted by atomic mass is 10.1. The second-order valence-corrected chi connectivity index (χ2v) is 13.0. The number of piperazine rings is 2. The normalized spacial score (nSPS) is 23.3. The fourth-order valence-corrected chi connectivity index (χ4v) is 5.63. The number of carbonyl (C=O) groups is 2. The summed E-state index contributed by atoms with van der Waals surface area (Å²) in [4.78, 5) is 34.2. The Morgan fingerprint density at radius 2 is 1.26 bits per heavy atom. The summed E-state index contributed by atoms with van der Waals surface area (Å²) < 4.78 is 0. The highest BCUT2D eigenvalue weighted by Crippen LogP contribution is 2.33. The monoisotopic (exact) mass is 610 g/mol. The van der Waals surface area contributed by atoms with Gasteiger partial charge in [-0.2, -0.15) is 0 Å². The molecule has 0 radical (unpaired) electrons. The van der Waals surface area contributed by atoms with E-state index in [1.54, 1.807) is 0 Å². The van der Waals surface area contributed by atoms with Gasteiger partial charge in [-0.3, -0.25) is 19.4 Å². The van der Waals surface area contributed by atoms with Crippen LogP contribution in [-0.4, -0.2) is 123 Å². The van der Waals surface area contributed by atoms with E-state index in [2.05, 4.69) is 77.4 Å². The van der Waals surface area contributed by atoms with Crippen LogP contribution in [0, 0.1) is 11.8 Å². The van der Waals surface area contributed by atoms with Gasteiger partial charge in [0, 0.05) is 87.7 Å². The molecule has 2 aromatic carbocycles. The highest BCUT2D eigenvalue weighted by molar-refractivity contribution is 6.64. The minimum atomic E-state index is -0.157. The van der Waals surface area contributed by atoms with Crippen LogP contribution in [0.1, 0.15) is 25.7 Å². The molecule has 4 aliphatic rings. The fourth-order valence-electron chi connectivity index (χ4n) is 5.41. The molecule has 0 bridgehead atoms. The first kappa shape index (κ1) is 33.4. The number of nitrogens with zero attached hydrogens (tertiary/aromatic N) is 5. The highest BCUT2D eigenvalue weighted by atomic mass is 35.5. The van der Waals surface area contributed by atoms with Crippen LogP contribution in [0.25, 0.3) is 0 Å². The maximum Gasteiger partial charge on any atom is 0.230 e. The van der Waals surface area contributed by atoms with Crippen LogP contribution < -0.4 is 10.2 Å². The Hall–Kier alpha value is -2.49. The van der Waals surface area contributed by atoms with Crippen LogP contribution in [0.15, 0.2) is 60.7 Å². The van der Waals surface area contributed by atoms with Crippen molar-refractivity contribution in [3.05, 3.63) is 60.7 Å². The molecule has 9 heteroatoms. The molecule has 2 unspecified atom stereocenters. The molecule has 6 rings (SSSR count). The lowest BCUT2D eigenvalue weighted by Crippen LogP contribution is -2.55. The van der Waals surface area contributed by atoms with Crippen LogP contribution >= 0.6 is 11.6 Å². The summed E-state index contributed by atoms with van der Waals surface area (Å²) in [6.45, 7) is 8.51. The summed E-state index contributed by atoms with van der Waals surface area (Å²) in [5, 5.41) is 3.34. The van der Waals surface area contributed by atoms with E-state index in [0.29, 0.717) is 18.0 Å². The van der Waals surface area contributed by atoms with Gasteiger partial charge in [0.05, 0.1) is 0 Å². The molecular weight excluding hydrogens is 560 g/mol. The van der Waals surface area contributed by atoms with Gasteiger partial charge in [0.15, 0.2) is 0 Å². The SMILES string of the molecule is CN1CCN(C)C(CN(C(=O)C2CC2)c2ccccc2)C1.CN1CCN(C)C(CNc2ccccc2)C1.O=C(Cl)C1CC1. The van der Waals surface area contributed by atoms with Crippen molar-refractivity contribution < 1.29 is 9.59 Å². The maximum atomic E-state index is 12.7. The van der Waals surface area contributed by atoms with E-state index in [4.69, 9.17) is 11.6 Å². The number of carbonyl (C=O) groups excluding carboxylic acids is 2. The minimum Gasteiger partial charge on any atom is -0.383 e. The fraction of sp³-hybridized carbons (Fsp3) is 0.588. The third-order valence-electron chi connectivity index (χ3n) is 8.83. The number of amides is 1.